The lowest BCUT2D eigenvalue weighted by Gasteiger charge is -2.13. The van der Waals surface area contributed by atoms with Crippen LogP contribution >= 0.6 is 0 Å². The maximum Gasteiger partial charge on any atom is 0.119 e. The van der Waals surface area contributed by atoms with Crippen molar-refractivity contribution in [2.24, 2.45) is 11.8 Å². The SMILES string of the molecule is CC(C)CCCc1cccc(O)c1CCCC(C)C. The molecule has 0 saturated carbocycles. The van der Waals surface area contributed by atoms with Crippen LogP contribution in [-0.4, -0.2) is 5.11 Å². The van der Waals surface area contributed by atoms with Crippen molar-refractivity contribution in [1.82, 2.24) is 0 Å². The summed E-state index contributed by atoms with van der Waals surface area (Å²) in [7, 11) is 0. The monoisotopic (exact) mass is 262 g/mol. The minimum Gasteiger partial charge on any atom is -0.508 e. The maximum atomic E-state index is 10.1. The van der Waals surface area contributed by atoms with Crippen LogP contribution in [0.5, 0.6) is 5.75 Å². The zero-order valence-corrected chi connectivity index (χ0v) is 13.1. The van der Waals surface area contributed by atoms with Crippen molar-refractivity contribution in [3.05, 3.63) is 29.3 Å². The molecule has 1 heteroatoms. The molecule has 1 nitrogen and oxygen atoms in total. The molecule has 0 aliphatic heterocycles. The highest BCUT2D eigenvalue weighted by atomic mass is 16.3. The van der Waals surface area contributed by atoms with Crippen LogP contribution in [0.3, 0.4) is 0 Å². The highest BCUT2D eigenvalue weighted by Gasteiger charge is 2.08. The molecule has 0 unspecified atom stereocenters. The third-order valence-electron chi connectivity index (χ3n) is 3.68. The Labute approximate surface area is 119 Å². The molecule has 19 heavy (non-hydrogen) atoms. The van der Waals surface area contributed by atoms with Crippen LogP contribution in [0.15, 0.2) is 18.2 Å². The molecule has 0 bridgehead atoms. The van der Waals surface area contributed by atoms with Gasteiger partial charge in [-0.3, -0.25) is 0 Å². The minimum absolute atomic E-state index is 0.491. The summed E-state index contributed by atoms with van der Waals surface area (Å²) in [5, 5.41) is 10.1. The molecular weight excluding hydrogens is 232 g/mol. The Balaban J connectivity index is 2.61. The normalized spacial score (nSPS) is 11.5. The highest BCUT2D eigenvalue weighted by Crippen LogP contribution is 2.25. The van der Waals surface area contributed by atoms with E-state index in [1.54, 1.807) is 0 Å². The van der Waals surface area contributed by atoms with Crippen LogP contribution in [0.25, 0.3) is 0 Å². The zero-order chi connectivity index (χ0) is 14.3. The lowest BCUT2D eigenvalue weighted by Crippen LogP contribution is -1.98. The molecule has 0 spiro atoms. The first-order valence-electron chi connectivity index (χ1n) is 7.80. The van der Waals surface area contributed by atoms with Crippen molar-refractivity contribution in [1.29, 1.82) is 0 Å². The third kappa shape index (κ3) is 6.13. The first-order chi connectivity index (χ1) is 9.00. The first-order valence-corrected chi connectivity index (χ1v) is 7.80. The summed E-state index contributed by atoms with van der Waals surface area (Å²) in [5.41, 5.74) is 2.54. The summed E-state index contributed by atoms with van der Waals surface area (Å²) in [4.78, 5) is 0. The molecule has 0 saturated heterocycles. The number of aryl methyl sites for hydroxylation is 1. The van der Waals surface area contributed by atoms with Gasteiger partial charge in [0.15, 0.2) is 0 Å². The second-order valence-electron chi connectivity index (χ2n) is 6.49. The van der Waals surface area contributed by atoms with E-state index in [0.717, 1.165) is 24.7 Å². The van der Waals surface area contributed by atoms with E-state index < -0.39 is 0 Å². The summed E-state index contributed by atoms with van der Waals surface area (Å²) in [6.45, 7) is 9.06. The molecule has 0 atom stereocenters. The van der Waals surface area contributed by atoms with E-state index in [4.69, 9.17) is 0 Å². The van der Waals surface area contributed by atoms with Crippen molar-refractivity contribution in [2.75, 3.05) is 0 Å². The third-order valence-corrected chi connectivity index (χ3v) is 3.68. The van der Waals surface area contributed by atoms with Gasteiger partial charge in [-0.15, -0.1) is 0 Å². The molecule has 108 valence electrons. The summed E-state index contributed by atoms with van der Waals surface area (Å²) in [6, 6.07) is 5.99. The van der Waals surface area contributed by atoms with Gasteiger partial charge in [-0.05, 0) is 54.7 Å². The van der Waals surface area contributed by atoms with Crippen LogP contribution in [0.4, 0.5) is 0 Å². The molecule has 0 amide bonds. The van der Waals surface area contributed by atoms with Crippen LogP contribution in [0.1, 0.15) is 64.5 Å². The van der Waals surface area contributed by atoms with E-state index in [2.05, 4.69) is 33.8 Å². The van der Waals surface area contributed by atoms with Gasteiger partial charge in [0.25, 0.3) is 0 Å². The molecule has 0 aromatic heterocycles. The standard InChI is InChI=1S/C18H30O/c1-14(2)8-5-10-16-11-7-13-18(19)17(16)12-6-9-15(3)4/h7,11,13-15,19H,5-6,8-10,12H2,1-4H3. The van der Waals surface area contributed by atoms with Crippen molar-refractivity contribution in [2.45, 2.75) is 66.2 Å². The van der Waals surface area contributed by atoms with E-state index in [9.17, 15) is 5.11 Å². The molecule has 1 aromatic rings. The first kappa shape index (κ1) is 16.1. The lowest BCUT2D eigenvalue weighted by molar-refractivity contribution is 0.461. The Kier molecular flexibility index (Phi) is 6.97. The maximum absolute atomic E-state index is 10.1. The van der Waals surface area contributed by atoms with Gasteiger partial charge in [-0.1, -0.05) is 52.7 Å². The number of phenolic OH excluding ortho intramolecular Hbond substituents is 1. The minimum atomic E-state index is 0.491. The average Bonchev–Trinajstić information content (AvgIpc) is 2.31. The van der Waals surface area contributed by atoms with E-state index in [1.807, 2.05) is 12.1 Å². The number of benzene rings is 1. The van der Waals surface area contributed by atoms with E-state index >= 15 is 0 Å². The molecule has 0 fully saturated rings. The Hall–Kier alpha value is -0.980. The highest BCUT2D eigenvalue weighted by molar-refractivity contribution is 5.39. The number of phenols is 1. The fourth-order valence-corrected chi connectivity index (χ4v) is 2.53. The zero-order valence-electron chi connectivity index (χ0n) is 13.1. The van der Waals surface area contributed by atoms with Gasteiger partial charge in [0.1, 0.15) is 5.75 Å². The lowest BCUT2D eigenvalue weighted by atomic mass is 9.94. The van der Waals surface area contributed by atoms with E-state index in [1.165, 1.54) is 36.8 Å². The summed E-state index contributed by atoms with van der Waals surface area (Å²) in [6.07, 6.45) is 7.01. The molecule has 1 rings (SSSR count). The summed E-state index contributed by atoms with van der Waals surface area (Å²) in [5.74, 6) is 2.00. The molecule has 1 N–H and O–H groups in total. The second-order valence-corrected chi connectivity index (χ2v) is 6.49. The van der Waals surface area contributed by atoms with Crippen molar-refractivity contribution >= 4 is 0 Å². The van der Waals surface area contributed by atoms with E-state index in [0.29, 0.717) is 5.75 Å². The largest absolute Gasteiger partial charge is 0.508 e. The number of aromatic hydroxyl groups is 1. The topological polar surface area (TPSA) is 20.2 Å². The van der Waals surface area contributed by atoms with Gasteiger partial charge < -0.3 is 5.11 Å². The quantitative estimate of drug-likeness (QED) is 0.669. The van der Waals surface area contributed by atoms with Gasteiger partial charge in [0.2, 0.25) is 0 Å². The molecule has 1 aromatic carbocycles. The van der Waals surface area contributed by atoms with Crippen LogP contribution in [0.2, 0.25) is 0 Å². The predicted octanol–water partition coefficient (Wildman–Crippen LogP) is 5.35. The van der Waals surface area contributed by atoms with Crippen LogP contribution in [-0.2, 0) is 12.8 Å². The van der Waals surface area contributed by atoms with Crippen molar-refractivity contribution < 1.29 is 5.11 Å². The summed E-state index contributed by atoms with van der Waals surface area (Å²) >= 11 is 0. The molecule has 0 aliphatic carbocycles. The molecule has 0 aliphatic rings. The van der Waals surface area contributed by atoms with Gasteiger partial charge >= 0.3 is 0 Å². The van der Waals surface area contributed by atoms with Gasteiger partial charge in [0, 0.05) is 0 Å². The van der Waals surface area contributed by atoms with Crippen LogP contribution in [0, 0.1) is 11.8 Å². The fraction of sp³-hybridized carbons (Fsp3) is 0.667. The Bertz CT molecular complexity index is 366. The Morgan fingerprint density at radius 2 is 1.47 bits per heavy atom. The molecular formula is C18H30O. The van der Waals surface area contributed by atoms with Crippen molar-refractivity contribution in [3.8, 4) is 5.75 Å². The van der Waals surface area contributed by atoms with Gasteiger partial charge in [-0.2, -0.15) is 0 Å². The van der Waals surface area contributed by atoms with Crippen molar-refractivity contribution in [3.63, 3.8) is 0 Å². The molecule has 0 heterocycles. The Morgan fingerprint density at radius 3 is 2.05 bits per heavy atom. The average molecular weight is 262 g/mol. The molecule has 0 radical (unpaired) electrons. The number of hydrogen-bond donors (Lipinski definition) is 1. The van der Waals surface area contributed by atoms with Gasteiger partial charge in [0.05, 0.1) is 0 Å². The fourth-order valence-electron chi connectivity index (χ4n) is 2.53. The summed E-state index contributed by atoms with van der Waals surface area (Å²) < 4.78 is 0. The number of hydrogen-bond acceptors (Lipinski definition) is 1. The Morgan fingerprint density at radius 1 is 0.895 bits per heavy atom. The van der Waals surface area contributed by atoms with Gasteiger partial charge in [-0.25, -0.2) is 0 Å². The second kappa shape index (κ2) is 8.24. The van der Waals surface area contributed by atoms with Crippen LogP contribution < -0.4 is 0 Å². The number of rotatable bonds is 8. The predicted molar refractivity (Wildman–Crippen MR) is 83.7 cm³/mol. The van der Waals surface area contributed by atoms with E-state index in [-0.39, 0.29) is 0 Å². The smallest absolute Gasteiger partial charge is 0.119 e.